The van der Waals surface area contributed by atoms with E-state index in [0.29, 0.717) is 11.7 Å². The zero-order valence-corrected chi connectivity index (χ0v) is 14.5. The number of likely N-dealkylation sites (tertiary alicyclic amines) is 1. The molecule has 1 aliphatic heterocycles. The molecule has 2 aromatic heterocycles. The number of hydrogen-bond donors (Lipinski definition) is 2. The number of thiophene rings is 1. The monoisotopic (exact) mass is 343 g/mol. The van der Waals surface area contributed by atoms with Crippen LogP contribution >= 0.6 is 11.3 Å². The number of H-pyrrole nitrogens is 1. The predicted molar refractivity (Wildman–Crippen MR) is 95.1 cm³/mol. The number of rotatable bonds is 3. The summed E-state index contributed by atoms with van der Waals surface area (Å²) in [5.74, 6) is 6.63. The number of aliphatic hydroxyl groups is 1. The van der Waals surface area contributed by atoms with Gasteiger partial charge in [-0.2, -0.15) is 0 Å². The van der Waals surface area contributed by atoms with Crippen LogP contribution in [0.1, 0.15) is 40.0 Å². The molecule has 2 aromatic rings. The summed E-state index contributed by atoms with van der Waals surface area (Å²) >= 11 is 1.67. The second kappa shape index (κ2) is 7.75. The van der Waals surface area contributed by atoms with Crippen molar-refractivity contribution in [2.24, 2.45) is 0 Å². The molecule has 2 N–H and O–H groups in total. The molecule has 3 rings (SSSR count). The van der Waals surface area contributed by atoms with Crippen molar-refractivity contribution >= 4 is 11.3 Å². The van der Waals surface area contributed by atoms with Crippen molar-refractivity contribution in [2.45, 2.75) is 32.2 Å². The Bertz CT molecular complexity index is 815. The van der Waals surface area contributed by atoms with Gasteiger partial charge in [0.1, 0.15) is 12.4 Å². The molecule has 24 heavy (non-hydrogen) atoms. The summed E-state index contributed by atoms with van der Waals surface area (Å²) < 4.78 is 0. The van der Waals surface area contributed by atoms with E-state index in [2.05, 4.69) is 32.8 Å². The van der Waals surface area contributed by atoms with E-state index in [1.54, 1.807) is 17.4 Å². The summed E-state index contributed by atoms with van der Waals surface area (Å²) in [6.07, 6.45) is 2.19. The Hall–Kier alpha value is -1.94. The molecule has 1 saturated heterocycles. The molecule has 3 heterocycles. The van der Waals surface area contributed by atoms with Crippen LogP contribution in [0.4, 0.5) is 0 Å². The third-order valence-electron chi connectivity index (χ3n) is 4.14. The maximum atomic E-state index is 11.7. The number of nitrogens with one attached hydrogen (secondary N) is 1. The molecule has 1 aliphatic rings. The zero-order valence-electron chi connectivity index (χ0n) is 13.7. The van der Waals surface area contributed by atoms with Crippen molar-refractivity contribution < 1.29 is 5.11 Å². The van der Waals surface area contributed by atoms with Crippen molar-refractivity contribution in [3.63, 3.8) is 0 Å². The minimum absolute atomic E-state index is 0.0695. The van der Waals surface area contributed by atoms with E-state index >= 15 is 0 Å². The Labute approximate surface area is 145 Å². The topological polar surface area (TPSA) is 69.2 Å². The summed E-state index contributed by atoms with van der Waals surface area (Å²) in [5.41, 5.74) is 0.835. The van der Waals surface area contributed by atoms with Crippen molar-refractivity contribution in [3.05, 3.63) is 49.8 Å². The van der Waals surface area contributed by atoms with E-state index < -0.39 is 0 Å². The first kappa shape index (κ1) is 16.9. The predicted octanol–water partition coefficient (Wildman–Crippen LogP) is 1.86. The number of aliphatic hydroxyl groups excluding tert-OH is 1. The first-order chi connectivity index (χ1) is 11.6. The van der Waals surface area contributed by atoms with Gasteiger partial charge in [-0.3, -0.25) is 9.69 Å². The second-order valence-corrected chi connectivity index (χ2v) is 7.22. The first-order valence-electron chi connectivity index (χ1n) is 8.12. The fourth-order valence-electron chi connectivity index (χ4n) is 3.13. The van der Waals surface area contributed by atoms with Gasteiger partial charge in [-0.15, -0.1) is 11.3 Å². The normalized spacial score (nSPS) is 18.2. The molecular formula is C18H21N3O2S. The quantitative estimate of drug-likeness (QED) is 0.835. The highest BCUT2D eigenvalue weighted by Crippen LogP contribution is 2.27. The van der Waals surface area contributed by atoms with E-state index in [-0.39, 0.29) is 12.2 Å². The molecule has 0 amide bonds. The van der Waals surface area contributed by atoms with Gasteiger partial charge in [-0.05, 0) is 38.4 Å². The minimum Gasteiger partial charge on any atom is -0.384 e. The van der Waals surface area contributed by atoms with Crippen LogP contribution in [-0.4, -0.2) is 39.7 Å². The maximum Gasteiger partial charge on any atom is 0.251 e. The van der Waals surface area contributed by atoms with Gasteiger partial charge in [0.2, 0.25) is 0 Å². The molecule has 0 bridgehead atoms. The van der Waals surface area contributed by atoms with Gasteiger partial charge in [0.15, 0.2) is 0 Å². The number of hydrogen-bond acceptors (Lipinski definition) is 5. The van der Waals surface area contributed by atoms with Crippen LogP contribution < -0.4 is 5.56 Å². The Morgan fingerprint density at radius 2 is 2.38 bits per heavy atom. The van der Waals surface area contributed by atoms with Crippen LogP contribution in [-0.2, 0) is 6.54 Å². The van der Waals surface area contributed by atoms with Crippen molar-refractivity contribution in [2.75, 3.05) is 19.7 Å². The number of piperidine rings is 1. The molecule has 0 spiro atoms. The van der Waals surface area contributed by atoms with Gasteiger partial charge in [-0.25, -0.2) is 4.98 Å². The Morgan fingerprint density at radius 3 is 3.17 bits per heavy atom. The summed E-state index contributed by atoms with van der Waals surface area (Å²) in [6, 6.07) is 5.74. The van der Waals surface area contributed by atoms with E-state index in [0.717, 1.165) is 43.0 Å². The third kappa shape index (κ3) is 4.32. The number of aromatic amines is 1. The average Bonchev–Trinajstić information content (AvgIpc) is 2.99. The largest absolute Gasteiger partial charge is 0.384 e. The van der Waals surface area contributed by atoms with Gasteiger partial charge < -0.3 is 10.1 Å². The molecule has 5 nitrogen and oxygen atoms in total. The zero-order chi connectivity index (χ0) is 16.9. The Balaban J connectivity index is 1.67. The lowest BCUT2D eigenvalue weighted by molar-refractivity contribution is 0.200. The lowest BCUT2D eigenvalue weighted by Gasteiger charge is -2.32. The fourth-order valence-corrected chi connectivity index (χ4v) is 4.05. The molecule has 0 unspecified atom stereocenters. The molecule has 1 atom stereocenters. The molecule has 0 aliphatic carbocycles. The first-order valence-corrected chi connectivity index (χ1v) is 8.94. The minimum atomic E-state index is -0.107. The van der Waals surface area contributed by atoms with Gasteiger partial charge in [0, 0.05) is 30.0 Å². The van der Waals surface area contributed by atoms with Crippen LogP contribution in [0.15, 0.2) is 23.0 Å². The van der Waals surface area contributed by atoms with Crippen LogP contribution in [0.3, 0.4) is 0 Å². The molecule has 6 heteroatoms. The number of aromatic nitrogens is 2. The second-order valence-electron chi connectivity index (χ2n) is 6.06. The standard InChI is InChI=1S/C18H21N3O2S/c1-13-19-17(10-18(23)20-13)14-4-2-8-21(11-14)12-16-7-6-15(24-16)5-3-9-22/h6-7,10,14,22H,2,4,8-9,11-12H2,1H3,(H,19,20,23)/t14-/m0/s1. The molecule has 0 radical (unpaired) electrons. The highest BCUT2D eigenvalue weighted by molar-refractivity contribution is 7.12. The molecule has 0 aromatic carbocycles. The summed E-state index contributed by atoms with van der Waals surface area (Å²) in [7, 11) is 0. The average molecular weight is 343 g/mol. The maximum absolute atomic E-state index is 11.7. The van der Waals surface area contributed by atoms with Gasteiger partial charge in [-0.1, -0.05) is 11.8 Å². The van der Waals surface area contributed by atoms with E-state index in [9.17, 15) is 4.79 Å². The van der Waals surface area contributed by atoms with Crippen LogP contribution in [0.5, 0.6) is 0 Å². The van der Waals surface area contributed by atoms with Gasteiger partial charge in [0.05, 0.1) is 10.6 Å². The fraction of sp³-hybridized carbons (Fsp3) is 0.444. The van der Waals surface area contributed by atoms with Crippen molar-refractivity contribution in [3.8, 4) is 11.8 Å². The van der Waals surface area contributed by atoms with E-state index in [1.807, 2.05) is 13.0 Å². The summed E-state index contributed by atoms with van der Waals surface area (Å²) in [4.78, 5) is 23.6. The Morgan fingerprint density at radius 1 is 1.50 bits per heavy atom. The molecule has 126 valence electrons. The number of nitrogens with zero attached hydrogens (tertiary/aromatic N) is 2. The smallest absolute Gasteiger partial charge is 0.251 e. The van der Waals surface area contributed by atoms with Crippen molar-refractivity contribution in [1.82, 2.24) is 14.9 Å². The van der Waals surface area contributed by atoms with Crippen LogP contribution in [0.25, 0.3) is 0 Å². The van der Waals surface area contributed by atoms with E-state index in [4.69, 9.17) is 5.11 Å². The van der Waals surface area contributed by atoms with Crippen LogP contribution in [0, 0.1) is 18.8 Å². The lowest BCUT2D eigenvalue weighted by atomic mass is 9.94. The lowest BCUT2D eigenvalue weighted by Crippen LogP contribution is -2.34. The Kier molecular flexibility index (Phi) is 5.46. The van der Waals surface area contributed by atoms with Crippen LogP contribution in [0.2, 0.25) is 0 Å². The third-order valence-corrected chi connectivity index (χ3v) is 5.12. The number of aryl methyl sites for hydroxylation is 1. The molecule has 1 fully saturated rings. The molecular weight excluding hydrogens is 322 g/mol. The van der Waals surface area contributed by atoms with Gasteiger partial charge >= 0.3 is 0 Å². The SMILES string of the molecule is Cc1nc([C@H]2CCCN(Cc3ccc(C#CCO)s3)C2)cc(=O)[nH]1. The van der Waals surface area contributed by atoms with Gasteiger partial charge in [0.25, 0.3) is 5.56 Å². The summed E-state index contributed by atoms with van der Waals surface area (Å²) in [5, 5.41) is 8.76. The van der Waals surface area contributed by atoms with E-state index in [1.165, 1.54) is 4.88 Å². The molecule has 0 saturated carbocycles. The highest BCUT2D eigenvalue weighted by Gasteiger charge is 2.23. The summed E-state index contributed by atoms with van der Waals surface area (Å²) in [6.45, 7) is 4.60. The highest BCUT2D eigenvalue weighted by atomic mass is 32.1. The van der Waals surface area contributed by atoms with Crippen molar-refractivity contribution in [1.29, 1.82) is 0 Å².